The van der Waals surface area contributed by atoms with Gasteiger partial charge in [-0.1, -0.05) is 12.1 Å². The van der Waals surface area contributed by atoms with Crippen molar-refractivity contribution in [3.63, 3.8) is 0 Å². The highest BCUT2D eigenvalue weighted by molar-refractivity contribution is 7.09. The van der Waals surface area contributed by atoms with Gasteiger partial charge < -0.3 is 10.1 Å². The number of thiazole rings is 1. The highest BCUT2D eigenvalue weighted by atomic mass is 32.1. The molecule has 0 saturated carbocycles. The van der Waals surface area contributed by atoms with Gasteiger partial charge in [-0.3, -0.25) is 4.90 Å². The molecule has 2 aromatic rings. The first kappa shape index (κ1) is 15.0. The van der Waals surface area contributed by atoms with Gasteiger partial charge in [0.25, 0.3) is 0 Å². The molecule has 0 amide bonds. The van der Waals surface area contributed by atoms with Crippen molar-refractivity contribution in [2.75, 3.05) is 21.2 Å². The summed E-state index contributed by atoms with van der Waals surface area (Å²) < 4.78 is 5.25. The maximum atomic E-state index is 5.25. The first-order valence-electron chi connectivity index (χ1n) is 6.60. The van der Waals surface area contributed by atoms with E-state index in [1.54, 1.807) is 18.4 Å². The Balaban J connectivity index is 1.92. The van der Waals surface area contributed by atoms with Gasteiger partial charge >= 0.3 is 0 Å². The zero-order chi connectivity index (χ0) is 14.4. The topological polar surface area (TPSA) is 37.4 Å². The van der Waals surface area contributed by atoms with Crippen LogP contribution in [0.2, 0.25) is 0 Å². The third-order valence-electron chi connectivity index (χ3n) is 2.95. The lowest BCUT2D eigenvalue weighted by Gasteiger charge is -2.15. The first-order valence-corrected chi connectivity index (χ1v) is 7.48. The standard InChI is InChI=1S/C15H21N3OS/c1-16-8-15-17-13(11-20-15)10-18(2)9-12-5-4-6-14(7-12)19-3/h4-7,11,16H,8-10H2,1-3H3. The van der Waals surface area contributed by atoms with Crippen molar-refractivity contribution >= 4 is 11.3 Å². The number of methoxy groups -OCH3 is 1. The Morgan fingerprint density at radius 1 is 1.35 bits per heavy atom. The minimum atomic E-state index is 0.838. The molecule has 0 atom stereocenters. The Bertz CT molecular complexity index is 541. The fourth-order valence-corrected chi connectivity index (χ4v) is 2.87. The van der Waals surface area contributed by atoms with E-state index in [0.29, 0.717) is 0 Å². The predicted octanol–water partition coefficient (Wildman–Crippen LogP) is 2.50. The number of benzene rings is 1. The summed E-state index contributed by atoms with van der Waals surface area (Å²) in [5.74, 6) is 0.904. The van der Waals surface area contributed by atoms with Gasteiger partial charge in [0.15, 0.2) is 0 Å². The van der Waals surface area contributed by atoms with Crippen molar-refractivity contribution in [2.24, 2.45) is 0 Å². The van der Waals surface area contributed by atoms with Gasteiger partial charge in [-0.2, -0.15) is 0 Å². The fraction of sp³-hybridized carbons (Fsp3) is 0.400. The van der Waals surface area contributed by atoms with Crippen LogP contribution in [-0.4, -0.2) is 31.1 Å². The van der Waals surface area contributed by atoms with Gasteiger partial charge in [-0.25, -0.2) is 4.98 Å². The third-order valence-corrected chi connectivity index (χ3v) is 3.84. The minimum Gasteiger partial charge on any atom is -0.497 e. The quantitative estimate of drug-likeness (QED) is 0.850. The van der Waals surface area contributed by atoms with Crippen LogP contribution >= 0.6 is 11.3 Å². The van der Waals surface area contributed by atoms with Crippen LogP contribution in [0.5, 0.6) is 5.75 Å². The Labute approximate surface area is 124 Å². The normalized spacial score (nSPS) is 11.0. The van der Waals surface area contributed by atoms with Crippen LogP contribution in [-0.2, 0) is 19.6 Å². The smallest absolute Gasteiger partial charge is 0.119 e. The summed E-state index contributed by atoms with van der Waals surface area (Å²) >= 11 is 1.71. The summed E-state index contributed by atoms with van der Waals surface area (Å²) in [6.07, 6.45) is 0. The van der Waals surface area contributed by atoms with Crippen LogP contribution in [0.3, 0.4) is 0 Å². The van der Waals surface area contributed by atoms with Gasteiger partial charge in [-0.05, 0) is 31.8 Å². The van der Waals surface area contributed by atoms with Gasteiger partial charge in [0.1, 0.15) is 10.8 Å². The molecule has 1 heterocycles. The van der Waals surface area contributed by atoms with E-state index in [2.05, 4.69) is 39.8 Å². The molecule has 0 aliphatic carbocycles. The van der Waals surface area contributed by atoms with Gasteiger partial charge in [0, 0.05) is 25.0 Å². The Hall–Kier alpha value is -1.43. The molecule has 0 aliphatic rings. The number of aromatic nitrogens is 1. The lowest BCUT2D eigenvalue weighted by atomic mass is 10.2. The van der Waals surface area contributed by atoms with Crippen molar-refractivity contribution in [1.82, 2.24) is 15.2 Å². The summed E-state index contributed by atoms with van der Waals surface area (Å²) in [7, 11) is 5.74. The molecule has 1 N–H and O–H groups in total. The summed E-state index contributed by atoms with van der Waals surface area (Å²) in [5, 5.41) is 6.39. The van der Waals surface area contributed by atoms with Crippen LogP contribution in [0.1, 0.15) is 16.3 Å². The van der Waals surface area contributed by atoms with Crippen molar-refractivity contribution < 1.29 is 4.74 Å². The molecular formula is C15H21N3OS. The van der Waals surface area contributed by atoms with Crippen LogP contribution in [0, 0.1) is 0 Å². The molecule has 2 rings (SSSR count). The highest BCUT2D eigenvalue weighted by Gasteiger charge is 2.06. The minimum absolute atomic E-state index is 0.838. The molecular weight excluding hydrogens is 270 g/mol. The van der Waals surface area contributed by atoms with Crippen molar-refractivity contribution in [3.8, 4) is 5.75 Å². The van der Waals surface area contributed by atoms with Crippen molar-refractivity contribution in [1.29, 1.82) is 0 Å². The maximum Gasteiger partial charge on any atom is 0.119 e. The van der Waals surface area contributed by atoms with E-state index in [1.165, 1.54) is 5.56 Å². The first-order chi connectivity index (χ1) is 9.71. The van der Waals surface area contributed by atoms with Gasteiger partial charge in [0.2, 0.25) is 0 Å². The number of nitrogens with zero attached hydrogens (tertiary/aromatic N) is 2. The predicted molar refractivity (Wildman–Crippen MR) is 83.0 cm³/mol. The Kier molecular flexibility index (Phi) is 5.52. The summed E-state index contributed by atoms with van der Waals surface area (Å²) in [4.78, 5) is 6.86. The van der Waals surface area contributed by atoms with Crippen LogP contribution in [0.4, 0.5) is 0 Å². The average molecular weight is 291 g/mol. The zero-order valence-corrected chi connectivity index (χ0v) is 13.0. The van der Waals surface area contributed by atoms with E-state index in [-0.39, 0.29) is 0 Å². The van der Waals surface area contributed by atoms with Crippen LogP contribution in [0.15, 0.2) is 29.6 Å². The summed E-state index contributed by atoms with van der Waals surface area (Å²) in [6.45, 7) is 2.58. The molecule has 1 aromatic heterocycles. The van der Waals surface area contributed by atoms with E-state index in [0.717, 1.165) is 36.1 Å². The number of hydrogen-bond acceptors (Lipinski definition) is 5. The SMILES string of the molecule is CNCc1nc(CN(C)Cc2cccc(OC)c2)cs1. The summed E-state index contributed by atoms with van der Waals surface area (Å²) in [5.41, 5.74) is 2.38. The second kappa shape index (κ2) is 7.38. The highest BCUT2D eigenvalue weighted by Crippen LogP contribution is 2.16. The maximum absolute atomic E-state index is 5.25. The third kappa shape index (κ3) is 4.30. The fourth-order valence-electron chi connectivity index (χ4n) is 2.07. The van der Waals surface area contributed by atoms with Gasteiger partial charge in [0.05, 0.1) is 12.8 Å². The van der Waals surface area contributed by atoms with E-state index in [9.17, 15) is 0 Å². The van der Waals surface area contributed by atoms with E-state index < -0.39 is 0 Å². The number of nitrogens with one attached hydrogen (secondary N) is 1. The molecule has 0 aliphatic heterocycles. The van der Waals surface area contributed by atoms with Crippen molar-refractivity contribution in [3.05, 3.63) is 45.9 Å². The molecule has 1 aromatic carbocycles. The zero-order valence-electron chi connectivity index (χ0n) is 12.2. The second-order valence-electron chi connectivity index (χ2n) is 4.79. The Morgan fingerprint density at radius 2 is 2.20 bits per heavy atom. The lowest BCUT2D eigenvalue weighted by molar-refractivity contribution is 0.314. The molecule has 0 spiro atoms. The molecule has 0 saturated heterocycles. The Morgan fingerprint density at radius 3 is 2.95 bits per heavy atom. The van der Waals surface area contributed by atoms with Crippen LogP contribution < -0.4 is 10.1 Å². The second-order valence-corrected chi connectivity index (χ2v) is 5.73. The number of rotatable bonds is 7. The lowest BCUT2D eigenvalue weighted by Crippen LogP contribution is -2.17. The number of hydrogen-bond donors (Lipinski definition) is 1. The van der Waals surface area contributed by atoms with E-state index >= 15 is 0 Å². The molecule has 108 valence electrons. The van der Waals surface area contributed by atoms with E-state index in [4.69, 9.17) is 4.74 Å². The largest absolute Gasteiger partial charge is 0.497 e. The molecule has 0 radical (unpaired) electrons. The summed E-state index contributed by atoms with van der Waals surface area (Å²) in [6, 6.07) is 8.18. The molecule has 0 unspecified atom stereocenters. The molecule has 0 fully saturated rings. The van der Waals surface area contributed by atoms with E-state index in [1.807, 2.05) is 19.2 Å². The van der Waals surface area contributed by atoms with Crippen LogP contribution in [0.25, 0.3) is 0 Å². The number of ether oxygens (including phenoxy) is 1. The molecule has 0 bridgehead atoms. The van der Waals surface area contributed by atoms with Crippen molar-refractivity contribution in [2.45, 2.75) is 19.6 Å². The molecule has 5 heteroatoms. The molecule has 4 nitrogen and oxygen atoms in total. The molecule has 20 heavy (non-hydrogen) atoms. The monoisotopic (exact) mass is 291 g/mol. The average Bonchev–Trinajstić information content (AvgIpc) is 2.86. The van der Waals surface area contributed by atoms with Gasteiger partial charge in [-0.15, -0.1) is 11.3 Å².